The zero-order valence-corrected chi connectivity index (χ0v) is 17.9. The molecule has 1 aliphatic heterocycles. The molecule has 32 heavy (non-hydrogen) atoms. The second-order valence-electron chi connectivity index (χ2n) is 6.69. The number of carboxylic acid groups (broad SMARTS) is 1. The number of nitrogens with zero attached hydrogens (tertiary/aromatic N) is 1. The number of hydrazine groups is 1. The van der Waals surface area contributed by atoms with Gasteiger partial charge in [0.15, 0.2) is 0 Å². The van der Waals surface area contributed by atoms with Gasteiger partial charge in [-0.05, 0) is 23.1 Å². The maximum absolute atomic E-state index is 12.1. The van der Waals surface area contributed by atoms with Crippen LogP contribution in [0.5, 0.6) is 0 Å². The van der Waals surface area contributed by atoms with Crippen molar-refractivity contribution in [3.05, 3.63) is 83.4 Å². The molecule has 0 aliphatic carbocycles. The number of esters is 1. The predicted molar refractivity (Wildman–Crippen MR) is 118 cm³/mol. The molecule has 3 N–H and O–H groups in total. The first-order valence-electron chi connectivity index (χ1n) is 9.78. The lowest BCUT2D eigenvalue weighted by molar-refractivity contribution is -0.143. The number of carboxylic acids is 1. The van der Waals surface area contributed by atoms with Gasteiger partial charge in [-0.15, -0.1) is 4.41 Å². The number of hydrogen-bond acceptors (Lipinski definition) is 8. The van der Waals surface area contributed by atoms with E-state index in [4.69, 9.17) is 9.47 Å². The van der Waals surface area contributed by atoms with Gasteiger partial charge >= 0.3 is 18.0 Å². The fraction of sp³-hybridized carbons (Fsp3) is 0.227. The van der Waals surface area contributed by atoms with Gasteiger partial charge in [0, 0.05) is 0 Å². The van der Waals surface area contributed by atoms with Crippen molar-refractivity contribution in [3.8, 4) is 0 Å². The molecule has 0 bridgehead atoms. The molecule has 1 fully saturated rings. The van der Waals surface area contributed by atoms with E-state index in [-0.39, 0.29) is 25.2 Å². The number of carbonyl (C=O) groups excluding carboxylic acids is 2. The fourth-order valence-corrected chi connectivity index (χ4v) is 3.68. The van der Waals surface area contributed by atoms with Crippen molar-refractivity contribution in [2.24, 2.45) is 0 Å². The molecule has 9 nitrogen and oxygen atoms in total. The zero-order valence-electron chi connectivity index (χ0n) is 17.1. The van der Waals surface area contributed by atoms with Crippen LogP contribution in [0.4, 0.5) is 4.79 Å². The second kappa shape index (κ2) is 11.9. The van der Waals surface area contributed by atoms with E-state index in [0.29, 0.717) is 5.88 Å². The zero-order chi connectivity index (χ0) is 22.8. The SMILES string of the molecule is O=C(C/C=C(/C(=O)O)C1NCSN1NC(=O)OCc1ccccc1)OCc1ccccc1. The molecule has 10 heteroatoms. The lowest BCUT2D eigenvalue weighted by Gasteiger charge is -2.23. The number of benzene rings is 2. The fourth-order valence-electron chi connectivity index (χ4n) is 2.83. The van der Waals surface area contributed by atoms with E-state index < -0.39 is 24.2 Å². The summed E-state index contributed by atoms with van der Waals surface area (Å²) in [6, 6.07) is 18.4. The summed E-state index contributed by atoms with van der Waals surface area (Å²) in [6.45, 7) is 0.187. The summed E-state index contributed by atoms with van der Waals surface area (Å²) in [5, 5.41) is 12.6. The molecule has 3 rings (SSSR count). The van der Waals surface area contributed by atoms with Gasteiger partial charge in [0.05, 0.1) is 17.9 Å². The minimum atomic E-state index is -1.22. The molecule has 1 amide bonds. The summed E-state index contributed by atoms with van der Waals surface area (Å²) in [7, 11) is 0. The Morgan fingerprint density at radius 1 is 1.03 bits per heavy atom. The van der Waals surface area contributed by atoms with Crippen molar-refractivity contribution in [2.45, 2.75) is 25.8 Å². The monoisotopic (exact) mass is 457 g/mol. The van der Waals surface area contributed by atoms with Crippen LogP contribution in [0.25, 0.3) is 0 Å². The van der Waals surface area contributed by atoms with E-state index >= 15 is 0 Å². The summed E-state index contributed by atoms with van der Waals surface area (Å²) in [5.74, 6) is -1.41. The van der Waals surface area contributed by atoms with Crippen molar-refractivity contribution in [2.75, 3.05) is 5.88 Å². The number of hydrogen-bond donors (Lipinski definition) is 3. The molecule has 1 saturated heterocycles. The highest BCUT2D eigenvalue weighted by molar-refractivity contribution is 7.97. The molecule has 1 atom stereocenters. The van der Waals surface area contributed by atoms with Gasteiger partial charge < -0.3 is 14.6 Å². The normalized spacial score (nSPS) is 16.4. The van der Waals surface area contributed by atoms with E-state index in [1.807, 2.05) is 60.7 Å². The van der Waals surface area contributed by atoms with Crippen LogP contribution >= 0.6 is 11.9 Å². The van der Waals surface area contributed by atoms with Gasteiger partial charge in [-0.1, -0.05) is 66.7 Å². The quantitative estimate of drug-likeness (QED) is 0.297. The molecule has 2 aromatic carbocycles. The van der Waals surface area contributed by atoms with Crippen molar-refractivity contribution in [1.29, 1.82) is 0 Å². The topological polar surface area (TPSA) is 117 Å². The Morgan fingerprint density at radius 2 is 1.62 bits per heavy atom. The van der Waals surface area contributed by atoms with Crippen molar-refractivity contribution < 1.29 is 29.0 Å². The minimum Gasteiger partial charge on any atom is -0.478 e. The molecule has 1 unspecified atom stereocenters. The van der Waals surface area contributed by atoms with E-state index in [1.54, 1.807) is 0 Å². The third-order valence-corrected chi connectivity index (χ3v) is 5.28. The largest absolute Gasteiger partial charge is 0.478 e. The second-order valence-corrected chi connectivity index (χ2v) is 7.63. The first kappa shape index (κ1) is 23.3. The number of amides is 1. The van der Waals surface area contributed by atoms with Crippen LogP contribution in [0.2, 0.25) is 0 Å². The van der Waals surface area contributed by atoms with Crippen LogP contribution < -0.4 is 10.7 Å². The summed E-state index contributed by atoms with van der Waals surface area (Å²) < 4.78 is 11.7. The number of rotatable bonds is 9. The Balaban J connectivity index is 1.53. The Labute approximate surface area is 189 Å². The van der Waals surface area contributed by atoms with E-state index in [2.05, 4.69) is 10.7 Å². The van der Waals surface area contributed by atoms with Gasteiger partial charge in [0.1, 0.15) is 19.4 Å². The van der Waals surface area contributed by atoms with Crippen LogP contribution in [0.1, 0.15) is 17.5 Å². The molecular formula is C22H23N3O6S. The average Bonchev–Trinajstić information content (AvgIpc) is 3.25. The van der Waals surface area contributed by atoms with Gasteiger partial charge in [0.25, 0.3) is 0 Å². The highest BCUT2D eigenvalue weighted by Crippen LogP contribution is 2.22. The van der Waals surface area contributed by atoms with Crippen molar-refractivity contribution >= 4 is 30.0 Å². The third-order valence-electron chi connectivity index (χ3n) is 4.40. The van der Waals surface area contributed by atoms with Crippen LogP contribution in [0.15, 0.2) is 72.3 Å². The number of ether oxygens (including phenoxy) is 2. The van der Waals surface area contributed by atoms with E-state index in [9.17, 15) is 19.5 Å². The summed E-state index contributed by atoms with van der Waals surface area (Å²) >= 11 is 1.18. The maximum atomic E-state index is 12.1. The van der Waals surface area contributed by atoms with E-state index in [1.165, 1.54) is 22.4 Å². The highest BCUT2D eigenvalue weighted by Gasteiger charge is 2.33. The molecule has 1 heterocycles. The van der Waals surface area contributed by atoms with Crippen LogP contribution in [-0.4, -0.2) is 39.6 Å². The first-order chi connectivity index (χ1) is 15.5. The first-order valence-corrected chi connectivity index (χ1v) is 10.7. The van der Waals surface area contributed by atoms with Crippen LogP contribution in [0, 0.1) is 0 Å². The Hall–Kier alpha value is -3.34. The van der Waals surface area contributed by atoms with Crippen molar-refractivity contribution in [1.82, 2.24) is 15.2 Å². The summed E-state index contributed by atoms with van der Waals surface area (Å²) in [4.78, 5) is 36.0. The number of aliphatic carboxylic acids is 1. The van der Waals surface area contributed by atoms with E-state index in [0.717, 1.165) is 11.1 Å². The molecule has 2 aromatic rings. The summed E-state index contributed by atoms with van der Waals surface area (Å²) in [5.41, 5.74) is 4.09. The van der Waals surface area contributed by atoms with Gasteiger partial charge in [0.2, 0.25) is 0 Å². The van der Waals surface area contributed by atoms with Crippen LogP contribution in [-0.2, 0) is 32.3 Å². The smallest absolute Gasteiger partial charge is 0.422 e. The van der Waals surface area contributed by atoms with Crippen LogP contribution in [0.3, 0.4) is 0 Å². The molecule has 0 radical (unpaired) electrons. The average molecular weight is 458 g/mol. The Bertz CT molecular complexity index is 955. The van der Waals surface area contributed by atoms with Gasteiger partial charge in [-0.2, -0.15) is 0 Å². The van der Waals surface area contributed by atoms with Crippen molar-refractivity contribution in [3.63, 3.8) is 0 Å². The molecule has 168 valence electrons. The molecular weight excluding hydrogens is 434 g/mol. The maximum Gasteiger partial charge on any atom is 0.422 e. The molecule has 0 aromatic heterocycles. The Kier molecular flexibility index (Phi) is 8.67. The molecule has 1 aliphatic rings. The van der Waals surface area contributed by atoms with Gasteiger partial charge in [-0.3, -0.25) is 10.1 Å². The standard InChI is InChI=1S/C22H23N3O6S/c26-19(30-13-16-7-3-1-4-8-16)12-11-18(21(27)28)20-23-15-32-25(20)24-22(29)31-14-17-9-5-2-6-10-17/h1-11,20,23H,12-15H2,(H,24,29)(H,27,28)/b18-11+. The summed E-state index contributed by atoms with van der Waals surface area (Å²) in [6.07, 6.45) is -0.502. The third kappa shape index (κ3) is 7.12. The highest BCUT2D eigenvalue weighted by atomic mass is 32.2. The molecule has 0 saturated carbocycles. The lowest BCUT2D eigenvalue weighted by atomic mass is 10.1. The minimum absolute atomic E-state index is 0.0815. The number of carbonyl (C=O) groups is 3. The molecule has 0 spiro atoms. The van der Waals surface area contributed by atoms with Gasteiger partial charge in [-0.25, -0.2) is 15.0 Å². The predicted octanol–water partition coefficient (Wildman–Crippen LogP) is 2.81. The Morgan fingerprint density at radius 3 is 2.22 bits per heavy atom. The number of nitrogens with one attached hydrogen (secondary N) is 2. The lowest BCUT2D eigenvalue weighted by Crippen LogP contribution is -2.47.